The molecule has 0 aliphatic carbocycles. The Morgan fingerprint density at radius 2 is 1.68 bits per heavy atom. The number of benzene rings is 2. The highest BCUT2D eigenvalue weighted by Gasteiger charge is 2.19. The van der Waals surface area contributed by atoms with Gasteiger partial charge >= 0.3 is 0 Å². The van der Waals surface area contributed by atoms with Gasteiger partial charge in [-0.3, -0.25) is 0 Å². The van der Waals surface area contributed by atoms with E-state index in [1.807, 2.05) is 25.2 Å². The summed E-state index contributed by atoms with van der Waals surface area (Å²) in [5, 5.41) is 9.49. The first kappa shape index (κ1) is 23.7. The van der Waals surface area contributed by atoms with Crippen LogP contribution in [0, 0.1) is 0 Å². The average Bonchev–Trinajstić information content (AvgIpc) is 2.84. The smallest absolute Gasteiger partial charge is 0.232 e. The molecule has 180 valence electrons. The second-order valence-electron chi connectivity index (χ2n) is 8.09. The Balaban J connectivity index is 1.51. The molecule has 2 heterocycles. The Morgan fingerprint density at radius 1 is 1.00 bits per heavy atom. The quantitative estimate of drug-likeness (QED) is 0.441. The maximum atomic E-state index is 12.1. The van der Waals surface area contributed by atoms with Crippen molar-refractivity contribution in [1.82, 2.24) is 20.3 Å². The van der Waals surface area contributed by atoms with Gasteiger partial charge in [0.2, 0.25) is 11.9 Å². The number of nitrogens with one attached hydrogen (secondary N) is 3. The molecule has 0 amide bonds. The third kappa shape index (κ3) is 5.54. The Hall–Kier alpha value is -3.44. The summed E-state index contributed by atoms with van der Waals surface area (Å²) >= 11 is 0. The number of rotatable bonds is 8. The Labute approximate surface area is 199 Å². The van der Waals surface area contributed by atoms with E-state index in [0.29, 0.717) is 29.1 Å². The molecule has 1 aliphatic rings. The van der Waals surface area contributed by atoms with Gasteiger partial charge in [-0.05, 0) is 44.2 Å². The molecule has 0 unspecified atom stereocenters. The predicted molar refractivity (Wildman–Crippen MR) is 133 cm³/mol. The molecule has 0 spiro atoms. The van der Waals surface area contributed by atoms with Crippen molar-refractivity contribution in [2.45, 2.75) is 23.8 Å². The fourth-order valence-electron chi connectivity index (χ4n) is 3.96. The zero-order valence-electron chi connectivity index (χ0n) is 19.4. The highest BCUT2D eigenvalue weighted by molar-refractivity contribution is 7.90. The summed E-state index contributed by atoms with van der Waals surface area (Å²) < 4.78 is 29.8. The van der Waals surface area contributed by atoms with E-state index in [2.05, 4.69) is 35.8 Å². The van der Waals surface area contributed by atoms with E-state index in [1.54, 1.807) is 25.3 Å². The zero-order chi connectivity index (χ0) is 24.1. The van der Waals surface area contributed by atoms with Crippen LogP contribution in [0.4, 0.5) is 29.0 Å². The highest BCUT2D eigenvalue weighted by Crippen LogP contribution is 2.32. The van der Waals surface area contributed by atoms with Crippen LogP contribution < -0.4 is 25.6 Å². The second kappa shape index (κ2) is 10.2. The molecule has 1 fully saturated rings. The lowest BCUT2D eigenvalue weighted by Crippen LogP contribution is -2.41. The lowest BCUT2D eigenvalue weighted by molar-refractivity contribution is 0.415. The van der Waals surface area contributed by atoms with E-state index < -0.39 is 9.84 Å². The standard InChI is InChI=1S/C23H29N7O3S/c1-24-16-10-12-30(13-11-16)17-8-9-18(20(14-17)33-2)27-22-25-15-26-23(29-22)28-19-6-4-5-7-21(19)34(3,31)32/h4-9,14-16,24H,10-13H2,1-3H3,(H2,25,26,27,28,29). The minimum absolute atomic E-state index is 0.168. The molecule has 3 N–H and O–H groups in total. The molecule has 3 aromatic rings. The van der Waals surface area contributed by atoms with Gasteiger partial charge in [0, 0.05) is 37.1 Å². The fraction of sp³-hybridized carbons (Fsp3) is 0.348. The zero-order valence-corrected chi connectivity index (χ0v) is 20.3. The summed E-state index contributed by atoms with van der Waals surface area (Å²) in [7, 11) is 0.223. The topological polar surface area (TPSA) is 121 Å². The van der Waals surface area contributed by atoms with Gasteiger partial charge in [-0.2, -0.15) is 4.98 Å². The lowest BCUT2D eigenvalue weighted by atomic mass is 10.0. The van der Waals surface area contributed by atoms with E-state index >= 15 is 0 Å². The van der Waals surface area contributed by atoms with E-state index in [9.17, 15) is 8.42 Å². The van der Waals surface area contributed by atoms with E-state index in [-0.39, 0.29) is 10.8 Å². The molecule has 2 aromatic carbocycles. The van der Waals surface area contributed by atoms with Gasteiger partial charge < -0.3 is 25.6 Å². The second-order valence-corrected chi connectivity index (χ2v) is 10.1. The minimum Gasteiger partial charge on any atom is -0.494 e. The molecule has 1 saturated heterocycles. The lowest BCUT2D eigenvalue weighted by Gasteiger charge is -2.33. The van der Waals surface area contributed by atoms with Gasteiger partial charge in [0.15, 0.2) is 9.84 Å². The maximum Gasteiger partial charge on any atom is 0.232 e. The Kier molecular flexibility index (Phi) is 7.13. The molecule has 10 nitrogen and oxygen atoms in total. The third-order valence-electron chi connectivity index (χ3n) is 5.80. The number of para-hydroxylation sites is 1. The number of ether oxygens (including phenoxy) is 1. The highest BCUT2D eigenvalue weighted by atomic mass is 32.2. The predicted octanol–water partition coefficient (Wildman–Crippen LogP) is 2.96. The van der Waals surface area contributed by atoms with Crippen molar-refractivity contribution in [1.29, 1.82) is 0 Å². The molecule has 1 aliphatic heterocycles. The molecule has 0 atom stereocenters. The summed E-state index contributed by atoms with van der Waals surface area (Å²) in [5.41, 5.74) is 2.21. The van der Waals surface area contributed by atoms with Crippen LogP contribution in [0.1, 0.15) is 12.8 Å². The summed E-state index contributed by atoms with van der Waals surface area (Å²) in [4.78, 5) is 15.2. The van der Waals surface area contributed by atoms with E-state index in [0.717, 1.165) is 37.9 Å². The SMILES string of the molecule is CNC1CCN(c2ccc(Nc3ncnc(Nc4ccccc4S(C)(=O)=O)n3)c(OC)c2)CC1. The number of hydrogen-bond acceptors (Lipinski definition) is 10. The first-order valence-electron chi connectivity index (χ1n) is 11.0. The first-order chi connectivity index (χ1) is 16.4. The van der Waals surface area contributed by atoms with Crippen LogP contribution in [-0.2, 0) is 9.84 Å². The van der Waals surface area contributed by atoms with Crippen LogP contribution in [0.15, 0.2) is 53.7 Å². The van der Waals surface area contributed by atoms with Crippen molar-refractivity contribution in [2.24, 2.45) is 0 Å². The minimum atomic E-state index is -3.41. The fourth-order valence-corrected chi connectivity index (χ4v) is 4.80. The number of methoxy groups -OCH3 is 1. The number of hydrogen-bond donors (Lipinski definition) is 3. The number of piperidine rings is 1. The van der Waals surface area contributed by atoms with E-state index in [1.165, 1.54) is 12.4 Å². The molecule has 34 heavy (non-hydrogen) atoms. The van der Waals surface area contributed by atoms with Crippen LogP contribution in [0.25, 0.3) is 0 Å². The van der Waals surface area contributed by atoms with Crippen LogP contribution in [-0.4, -0.2) is 62.9 Å². The summed E-state index contributed by atoms with van der Waals surface area (Å²) in [6, 6.07) is 13.2. The first-order valence-corrected chi connectivity index (χ1v) is 12.9. The number of nitrogens with zero attached hydrogens (tertiary/aromatic N) is 4. The van der Waals surface area contributed by atoms with Gasteiger partial charge in [0.25, 0.3) is 0 Å². The normalized spacial score (nSPS) is 14.6. The molecule has 1 aromatic heterocycles. The molecule has 0 saturated carbocycles. The summed E-state index contributed by atoms with van der Waals surface area (Å²) in [5.74, 6) is 1.19. The average molecular weight is 484 g/mol. The molecule has 11 heteroatoms. The van der Waals surface area contributed by atoms with Crippen molar-refractivity contribution >= 4 is 38.8 Å². The third-order valence-corrected chi connectivity index (χ3v) is 6.96. The van der Waals surface area contributed by atoms with Crippen LogP contribution >= 0.6 is 0 Å². The Bertz CT molecular complexity index is 1240. The van der Waals surface area contributed by atoms with Crippen LogP contribution in [0.2, 0.25) is 0 Å². The summed E-state index contributed by atoms with van der Waals surface area (Å²) in [6.07, 6.45) is 4.71. The van der Waals surface area contributed by atoms with Gasteiger partial charge in [-0.25, -0.2) is 18.4 Å². The van der Waals surface area contributed by atoms with Crippen molar-refractivity contribution in [3.63, 3.8) is 0 Å². The molecule has 0 radical (unpaired) electrons. The van der Waals surface area contributed by atoms with Gasteiger partial charge in [0.1, 0.15) is 12.1 Å². The number of aromatic nitrogens is 3. The van der Waals surface area contributed by atoms with Crippen molar-refractivity contribution in [2.75, 3.05) is 49.0 Å². The number of sulfone groups is 1. The molecular weight excluding hydrogens is 454 g/mol. The van der Waals surface area contributed by atoms with Gasteiger partial charge in [-0.15, -0.1) is 0 Å². The largest absolute Gasteiger partial charge is 0.494 e. The van der Waals surface area contributed by atoms with Crippen molar-refractivity contribution < 1.29 is 13.2 Å². The van der Waals surface area contributed by atoms with Gasteiger partial charge in [0.05, 0.1) is 23.4 Å². The summed E-state index contributed by atoms with van der Waals surface area (Å²) in [6.45, 7) is 1.97. The monoisotopic (exact) mass is 483 g/mol. The number of anilines is 5. The van der Waals surface area contributed by atoms with Crippen LogP contribution in [0.3, 0.4) is 0 Å². The van der Waals surface area contributed by atoms with Crippen LogP contribution in [0.5, 0.6) is 5.75 Å². The van der Waals surface area contributed by atoms with Gasteiger partial charge in [-0.1, -0.05) is 12.1 Å². The molecule has 0 bridgehead atoms. The van der Waals surface area contributed by atoms with E-state index in [4.69, 9.17) is 4.74 Å². The van der Waals surface area contributed by atoms with Crippen molar-refractivity contribution in [3.8, 4) is 5.75 Å². The van der Waals surface area contributed by atoms with Crippen molar-refractivity contribution in [3.05, 3.63) is 48.8 Å². The Morgan fingerprint density at radius 3 is 2.32 bits per heavy atom. The molecular formula is C23H29N7O3S. The molecule has 4 rings (SSSR count). The maximum absolute atomic E-state index is 12.1.